The molecule has 2 aliphatic rings. The van der Waals surface area contributed by atoms with Crippen molar-refractivity contribution in [2.75, 3.05) is 18.4 Å². The van der Waals surface area contributed by atoms with Crippen LogP contribution in [0.4, 0.5) is 10.5 Å². The van der Waals surface area contributed by atoms with E-state index in [4.69, 9.17) is 11.6 Å². The number of carbonyl (C=O) groups is 3. The average molecular weight is 441 g/mol. The molecule has 1 saturated carbocycles. The van der Waals surface area contributed by atoms with Gasteiger partial charge in [0.1, 0.15) is 0 Å². The van der Waals surface area contributed by atoms with Crippen LogP contribution in [-0.4, -0.2) is 41.9 Å². The van der Waals surface area contributed by atoms with Crippen LogP contribution in [0, 0.1) is 0 Å². The summed E-state index contributed by atoms with van der Waals surface area (Å²) in [4.78, 5) is 38.7. The van der Waals surface area contributed by atoms with Crippen LogP contribution in [0.5, 0.6) is 0 Å². The van der Waals surface area contributed by atoms with E-state index in [1.54, 1.807) is 23.1 Å². The second-order valence-electron chi connectivity index (χ2n) is 7.95. The molecular formula is C23H25ClN4O3. The molecule has 7 nitrogen and oxygen atoms in total. The molecule has 0 radical (unpaired) electrons. The molecule has 2 fully saturated rings. The van der Waals surface area contributed by atoms with Crippen molar-refractivity contribution >= 4 is 35.1 Å². The van der Waals surface area contributed by atoms with Crippen LogP contribution in [0.25, 0.3) is 0 Å². The third-order valence-corrected chi connectivity index (χ3v) is 5.78. The lowest BCUT2D eigenvalue weighted by Gasteiger charge is -2.25. The monoisotopic (exact) mass is 440 g/mol. The number of benzene rings is 2. The Balaban J connectivity index is 1.41. The largest absolute Gasteiger partial charge is 0.349 e. The van der Waals surface area contributed by atoms with Crippen molar-refractivity contribution in [1.29, 1.82) is 0 Å². The van der Waals surface area contributed by atoms with E-state index >= 15 is 0 Å². The van der Waals surface area contributed by atoms with Gasteiger partial charge in [0.05, 0.1) is 16.6 Å². The minimum atomic E-state index is -0.410. The van der Waals surface area contributed by atoms with Crippen molar-refractivity contribution in [3.63, 3.8) is 0 Å². The Morgan fingerprint density at radius 3 is 2.55 bits per heavy atom. The number of carbonyl (C=O) groups excluding carboxylic acids is 3. The Labute approximate surface area is 186 Å². The number of likely N-dealkylation sites (tertiary alicyclic amines) is 1. The molecule has 2 aromatic rings. The van der Waals surface area contributed by atoms with Crippen LogP contribution in [0.1, 0.15) is 47.6 Å². The predicted molar refractivity (Wildman–Crippen MR) is 119 cm³/mol. The number of amides is 4. The number of nitrogens with one attached hydrogen (secondary N) is 3. The molecule has 0 bridgehead atoms. The van der Waals surface area contributed by atoms with Gasteiger partial charge in [-0.05, 0) is 43.0 Å². The van der Waals surface area contributed by atoms with Crippen molar-refractivity contribution in [1.82, 2.24) is 15.5 Å². The Morgan fingerprint density at radius 2 is 1.90 bits per heavy atom. The maximum Gasteiger partial charge on any atom is 0.319 e. The molecule has 0 aromatic heterocycles. The summed E-state index contributed by atoms with van der Waals surface area (Å²) in [6.45, 7) is 1.11. The van der Waals surface area contributed by atoms with Gasteiger partial charge < -0.3 is 20.9 Å². The van der Waals surface area contributed by atoms with E-state index in [1.807, 2.05) is 30.3 Å². The fraction of sp³-hybridized carbons (Fsp3) is 0.348. The van der Waals surface area contributed by atoms with Crippen molar-refractivity contribution in [3.05, 3.63) is 64.7 Å². The van der Waals surface area contributed by atoms with Crippen LogP contribution in [0.2, 0.25) is 5.02 Å². The van der Waals surface area contributed by atoms with E-state index in [2.05, 4.69) is 16.0 Å². The van der Waals surface area contributed by atoms with Crippen LogP contribution in [-0.2, 0) is 4.79 Å². The van der Waals surface area contributed by atoms with Gasteiger partial charge in [0, 0.05) is 31.2 Å². The van der Waals surface area contributed by atoms with Gasteiger partial charge in [-0.3, -0.25) is 9.59 Å². The number of nitrogens with zero attached hydrogens (tertiary/aromatic N) is 1. The van der Waals surface area contributed by atoms with Gasteiger partial charge in [-0.1, -0.05) is 41.9 Å². The smallest absolute Gasteiger partial charge is 0.319 e. The summed E-state index contributed by atoms with van der Waals surface area (Å²) in [6, 6.07) is 13.9. The van der Waals surface area contributed by atoms with E-state index in [-0.39, 0.29) is 28.9 Å². The highest BCUT2D eigenvalue weighted by Crippen LogP contribution is 2.24. The molecule has 3 N–H and O–H groups in total. The molecule has 4 amide bonds. The zero-order chi connectivity index (χ0) is 21.8. The molecule has 0 spiro atoms. The first-order chi connectivity index (χ1) is 15.0. The maximum absolute atomic E-state index is 12.7. The topological polar surface area (TPSA) is 90.5 Å². The molecule has 1 heterocycles. The first-order valence-corrected chi connectivity index (χ1v) is 10.9. The molecule has 1 saturated heterocycles. The highest BCUT2D eigenvalue weighted by molar-refractivity contribution is 6.34. The second-order valence-corrected chi connectivity index (χ2v) is 8.35. The first kappa shape index (κ1) is 21.2. The van der Waals surface area contributed by atoms with Crippen molar-refractivity contribution in [2.24, 2.45) is 0 Å². The van der Waals surface area contributed by atoms with Gasteiger partial charge >= 0.3 is 6.03 Å². The summed E-state index contributed by atoms with van der Waals surface area (Å²) < 4.78 is 0. The SMILES string of the molecule is O=C(Nc1ccc(C(=O)NC2CC2)c(Cl)c1)N[C@H](CN1CCCC1=O)c1ccccc1. The summed E-state index contributed by atoms with van der Waals surface area (Å²) in [6.07, 6.45) is 3.38. The molecule has 31 heavy (non-hydrogen) atoms. The quantitative estimate of drug-likeness (QED) is 0.612. The van der Waals surface area contributed by atoms with Crippen molar-refractivity contribution < 1.29 is 14.4 Å². The molecule has 1 aliphatic carbocycles. The summed E-state index contributed by atoms with van der Waals surface area (Å²) in [7, 11) is 0. The molecule has 0 unspecified atom stereocenters. The molecule has 1 aliphatic heterocycles. The summed E-state index contributed by atoms with van der Waals surface area (Å²) in [5, 5.41) is 8.90. The molecule has 2 aromatic carbocycles. The highest BCUT2D eigenvalue weighted by atomic mass is 35.5. The number of hydrogen-bond donors (Lipinski definition) is 3. The lowest BCUT2D eigenvalue weighted by Crippen LogP contribution is -2.40. The molecule has 1 atom stereocenters. The minimum absolute atomic E-state index is 0.106. The fourth-order valence-electron chi connectivity index (χ4n) is 3.63. The number of anilines is 1. The summed E-state index contributed by atoms with van der Waals surface area (Å²) >= 11 is 6.27. The summed E-state index contributed by atoms with van der Waals surface area (Å²) in [5.41, 5.74) is 1.78. The van der Waals surface area contributed by atoms with Gasteiger partial charge in [-0.25, -0.2) is 4.79 Å². The van der Waals surface area contributed by atoms with Gasteiger partial charge in [-0.2, -0.15) is 0 Å². The van der Waals surface area contributed by atoms with E-state index in [9.17, 15) is 14.4 Å². The highest BCUT2D eigenvalue weighted by Gasteiger charge is 2.26. The van der Waals surface area contributed by atoms with E-state index < -0.39 is 6.03 Å². The maximum atomic E-state index is 12.7. The van der Waals surface area contributed by atoms with Crippen LogP contribution >= 0.6 is 11.6 Å². The molecule has 162 valence electrons. The van der Waals surface area contributed by atoms with Gasteiger partial charge in [-0.15, -0.1) is 0 Å². The van der Waals surface area contributed by atoms with E-state index in [0.29, 0.717) is 30.8 Å². The lowest BCUT2D eigenvalue weighted by atomic mass is 10.1. The minimum Gasteiger partial charge on any atom is -0.349 e. The first-order valence-electron chi connectivity index (χ1n) is 10.5. The van der Waals surface area contributed by atoms with Crippen molar-refractivity contribution in [2.45, 2.75) is 37.8 Å². The van der Waals surface area contributed by atoms with Crippen molar-refractivity contribution in [3.8, 4) is 0 Å². The molecular weight excluding hydrogens is 416 g/mol. The Bertz CT molecular complexity index is 978. The number of urea groups is 1. The number of halogens is 1. The lowest BCUT2D eigenvalue weighted by molar-refractivity contribution is -0.128. The second kappa shape index (κ2) is 9.39. The van der Waals surface area contributed by atoms with Crippen LogP contribution in [0.15, 0.2) is 48.5 Å². The Morgan fingerprint density at radius 1 is 1.13 bits per heavy atom. The van der Waals surface area contributed by atoms with Crippen LogP contribution < -0.4 is 16.0 Å². The standard InChI is InChI=1S/C23H25ClN4O3/c24-19-13-17(10-11-18(19)22(30)25-16-8-9-16)26-23(31)27-20(15-5-2-1-3-6-15)14-28-12-4-7-21(28)29/h1-3,5-6,10-11,13,16,20H,4,7-9,12,14H2,(H,25,30)(H2,26,27,31)/t20-/m1/s1. The molecule has 8 heteroatoms. The number of rotatable bonds is 7. The van der Waals surface area contributed by atoms with Crippen LogP contribution in [0.3, 0.4) is 0 Å². The normalized spacial score (nSPS) is 16.7. The summed E-state index contributed by atoms with van der Waals surface area (Å²) in [5.74, 6) is -0.0992. The Kier molecular flexibility index (Phi) is 6.42. The Hall–Kier alpha value is -3.06. The van der Waals surface area contributed by atoms with Gasteiger partial charge in [0.2, 0.25) is 5.91 Å². The third-order valence-electron chi connectivity index (χ3n) is 5.47. The average Bonchev–Trinajstić information content (AvgIpc) is 3.47. The van der Waals surface area contributed by atoms with Gasteiger partial charge in [0.15, 0.2) is 0 Å². The zero-order valence-electron chi connectivity index (χ0n) is 17.1. The van der Waals surface area contributed by atoms with Gasteiger partial charge in [0.25, 0.3) is 5.91 Å². The predicted octanol–water partition coefficient (Wildman–Crippen LogP) is 3.72. The molecule has 4 rings (SSSR count). The number of hydrogen-bond acceptors (Lipinski definition) is 3. The third kappa shape index (κ3) is 5.55. The fourth-order valence-corrected chi connectivity index (χ4v) is 3.90. The zero-order valence-corrected chi connectivity index (χ0v) is 17.8. The van der Waals surface area contributed by atoms with E-state index in [0.717, 1.165) is 24.8 Å². The van der Waals surface area contributed by atoms with E-state index in [1.165, 1.54) is 0 Å².